The molecule has 1 atom stereocenters. The quantitative estimate of drug-likeness (QED) is 0.852. The van der Waals surface area contributed by atoms with Gasteiger partial charge < -0.3 is 5.32 Å². The number of rotatable bonds is 5. The van der Waals surface area contributed by atoms with E-state index < -0.39 is 0 Å². The van der Waals surface area contributed by atoms with Gasteiger partial charge in [0.2, 0.25) is 0 Å². The molecule has 1 aromatic carbocycles. The fourth-order valence-corrected chi connectivity index (χ4v) is 4.48. The number of aryl methyl sites for hydroxylation is 3. The van der Waals surface area contributed by atoms with Gasteiger partial charge in [-0.2, -0.15) is 0 Å². The molecule has 1 aliphatic rings. The van der Waals surface area contributed by atoms with E-state index in [0.717, 1.165) is 18.5 Å². The number of benzene rings is 1. The average molecular weight is 303 g/mol. The van der Waals surface area contributed by atoms with Crippen LogP contribution in [0.15, 0.2) is 24.3 Å². The second-order valence-electron chi connectivity index (χ2n) is 5.84. The summed E-state index contributed by atoms with van der Waals surface area (Å²) in [6.07, 6.45) is 4.72. The zero-order valence-electron chi connectivity index (χ0n) is 12.7. The van der Waals surface area contributed by atoms with Crippen molar-refractivity contribution in [1.82, 2.24) is 5.32 Å². The summed E-state index contributed by atoms with van der Waals surface area (Å²) in [5.41, 5.74) is 3.83. The molecular weight excluding hydrogens is 281 g/mol. The van der Waals surface area contributed by atoms with E-state index in [4.69, 9.17) is 0 Å². The first-order chi connectivity index (χ1) is 10.2. The molecular formula is C18H22FNS. The van der Waals surface area contributed by atoms with Crippen LogP contribution in [0.3, 0.4) is 0 Å². The third-order valence-electron chi connectivity index (χ3n) is 4.29. The van der Waals surface area contributed by atoms with Crippen LogP contribution in [0.4, 0.5) is 4.39 Å². The maximum atomic E-state index is 13.3. The highest BCUT2D eigenvalue weighted by Gasteiger charge is 2.20. The molecule has 0 spiro atoms. The SMILES string of the molecule is CCNC(Cc1ccc(F)cc1C)c1cc2c(s1)CCC2. The molecule has 0 saturated carbocycles. The zero-order valence-corrected chi connectivity index (χ0v) is 13.5. The minimum absolute atomic E-state index is 0.147. The Morgan fingerprint density at radius 2 is 2.14 bits per heavy atom. The van der Waals surface area contributed by atoms with Crippen molar-refractivity contribution < 1.29 is 4.39 Å². The van der Waals surface area contributed by atoms with E-state index in [-0.39, 0.29) is 5.82 Å². The molecule has 1 nitrogen and oxygen atoms in total. The standard InChI is InChI=1S/C18H22FNS/c1-3-20-16(10-13-7-8-15(19)9-12(13)2)18-11-14-5-4-6-17(14)21-18/h7-9,11,16,20H,3-6,10H2,1-2H3. The molecule has 0 fully saturated rings. The highest BCUT2D eigenvalue weighted by Crippen LogP contribution is 2.35. The Bertz CT molecular complexity index is 611. The van der Waals surface area contributed by atoms with Crippen molar-refractivity contribution in [2.24, 2.45) is 0 Å². The number of nitrogens with one attached hydrogen (secondary N) is 1. The summed E-state index contributed by atoms with van der Waals surface area (Å²) in [5.74, 6) is -0.147. The van der Waals surface area contributed by atoms with Crippen LogP contribution in [0.2, 0.25) is 0 Å². The maximum absolute atomic E-state index is 13.3. The van der Waals surface area contributed by atoms with Gasteiger partial charge in [-0.05, 0) is 74.0 Å². The van der Waals surface area contributed by atoms with E-state index in [1.165, 1.54) is 29.7 Å². The Kier molecular flexibility index (Phi) is 4.41. The summed E-state index contributed by atoms with van der Waals surface area (Å²) >= 11 is 1.96. The molecule has 21 heavy (non-hydrogen) atoms. The van der Waals surface area contributed by atoms with Crippen LogP contribution in [0.25, 0.3) is 0 Å². The van der Waals surface area contributed by atoms with Gasteiger partial charge in [0, 0.05) is 15.8 Å². The average Bonchev–Trinajstić information content (AvgIpc) is 3.02. The Balaban J connectivity index is 1.83. The Labute approximate surface area is 130 Å². The van der Waals surface area contributed by atoms with Crippen LogP contribution in [0, 0.1) is 12.7 Å². The zero-order chi connectivity index (χ0) is 14.8. The summed E-state index contributed by atoms with van der Waals surface area (Å²) in [7, 11) is 0. The van der Waals surface area contributed by atoms with Crippen molar-refractivity contribution in [2.45, 2.75) is 45.6 Å². The third kappa shape index (κ3) is 3.19. The topological polar surface area (TPSA) is 12.0 Å². The monoisotopic (exact) mass is 303 g/mol. The van der Waals surface area contributed by atoms with Crippen LogP contribution in [0.5, 0.6) is 0 Å². The van der Waals surface area contributed by atoms with Crippen molar-refractivity contribution in [2.75, 3.05) is 6.54 Å². The van der Waals surface area contributed by atoms with Crippen LogP contribution in [0.1, 0.15) is 45.8 Å². The number of hydrogen-bond donors (Lipinski definition) is 1. The Morgan fingerprint density at radius 1 is 1.29 bits per heavy atom. The molecule has 3 heteroatoms. The van der Waals surface area contributed by atoms with Crippen LogP contribution >= 0.6 is 11.3 Å². The van der Waals surface area contributed by atoms with Gasteiger partial charge in [0.25, 0.3) is 0 Å². The van der Waals surface area contributed by atoms with Gasteiger partial charge in [-0.15, -0.1) is 11.3 Å². The second kappa shape index (κ2) is 6.29. The number of likely N-dealkylation sites (N-methyl/N-ethyl adjacent to an activating group) is 1. The fraction of sp³-hybridized carbons (Fsp3) is 0.444. The molecule has 2 aromatic rings. The number of halogens is 1. The summed E-state index contributed by atoms with van der Waals surface area (Å²) in [6, 6.07) is 7.86. The predicted molar refractivity (Wildman–Crippen MR) is 87.6 cm³/mol. The number of hydrogen-bond acceptors (Lipinski definition) is 2. The second-order valence-corrected chi connectivity index (χ2v) is 7.00. The molecule has 1 unspecified atom stereocenters. The van der Waals surface area contributed by atoms with Crippen LogP contribution < -0.4 is 5.32 Å². The maximum Gasteiger partial charge on any atom is 0.123 e. The molecule has 0 aliphatic heterocycles. The van der Waals surface area contributed by atoms with Gasteiger partial charge >= 0.3 is 0 Å². The van der Waals surface area contributed by atoms with E-state index in [1.807, 2.05) is 24.3 Å². The van der Waals surface area contributed by atoms with E-state index in [9.17, 15) is 4.39 Å². The number of thiophene rings is 1. The highest BCUT2D eigenvalue weighted by atomic mass is 32.1. The smallest absolute Gasteiger partial charge is 0.123 e. The summed E-state index contributed by atoms with van der Waals surface area (Å²) < 4.78 is 13.3. The van der Waals surface area contributed by atoms with Gasteiger partial charge in [0.05, 0.1) is 0 Å². The van der Waals surface area contributed by atoms with Gasteiger partial charge in [0.15, 0.2) is 0 Å². The molecule has 112 valence electrons. The lowest BCUT2D eigenvalue weighted by atomic mass is 9.99. The predicted octanol–water partition coefficient (Wildman–Crippen LogP) is 4.58. The largest absolute Gasteiger partial charge is 0.309 e. The lowest BCUT2D eigenvalue weighted by Crippen LogP contribution is -2.22. The van der Waals surface area contributed by atoms with Crippen molar-refractivity contribution in [3.05, 3.63) is 56.5 Å². The van der Waals surface area contributed by atoms with Gasteiger partial charge in [-0.3, -0.25) is 0 Å². The number of fused-ring (bicyclic) bond motifs is 1. The third-order valence-corrected chi connectivity index (χ3v) is 5.64. The van der Waals surface area contributed by atoms with E-state index in [1.54, 1.807) is 22.6 Å². The van der Waals surface area contributed by atoms with Crippen molar-refractivity contribution in [1.29, 1.82) is 0 Å². The molecule has 1 heterocycles. The van der Waals surface area contributed by atoms with Crippen LogP contribution in [-0.2, 0) is 19.3 Å². The molecule has 0 bridgehead atoms. The summed E-state index contributed by atoms with van der Waals surface area (Å²) in [5, 5.41) is 3.59. The van der Waals surface area contributed by atoms with Gasteiger partial charge in [-0.1, -0.05) is 13.0 Å². The lowest BCUT2D eigenvalue weighted by Gasteiger charge is -2.18. The molecule has 0 amide bonds. The fourth-order valence-electron chi connectivity index (χ4n) is 3.15. The van der Waals surface area contributed by atoms with E-state index in [2.05, 4.69) is 18.3 Å². The molecule has 3 rings (SSSR count). The van der Waals surface area contributed by atoms with Crippen molar-refractivity contribution in [3.8, 4) is 0 Å². The van der Waals surface area contributed by atoms with Crippen LogP contribution in [-0.4, -0.2) is 6.54 Å². The molecule has 1 aliphatic carbocycles. The summed E-state index contributed by atoms with van der Waals surface area (Å²) in [6.45, 7) is 5.09. The molecule has 0 saturated heterocycles. The van der Waals surface area contributed by atoms with E-state index >= 15 is 0 Å². The molecule has 1 N–H and O–H groups in total. The normalized spacial score (nSPS) is 15.2. The highest BCUT2D eigenvalue weighted by molar-refractivity contribution is 7.12. The lowest BCUT2D eigenvalue weighted by molar-refractivity contribution is 0.555. The van der Waals surface area contributed by atoms with Gasteiger partial charge in [-0.25, -0.2) is 4.39 Å². The first kappa shape index (κ1) is 14.7. The summed E-state index contributed by atoms with van der Waals surface area (Å²) in [4.78, 5) is 3.01. The van der Waals surface area contributed by atoms with Crippen molar-refractivity contribution >= 4 is 11.3 Å². The molecule has 0 radical (unpaired) electrons. The first-order valence-electron chi connectivity index (χ1n) is 7.77. The minimum Gasteiger partial charge on any atom is -0.309 e. The first-order valence-corrected chi connectivity index (χ1v) is 8.59. The minimum atomic E-state index is -0.147. The molecule has 1 aromatic heterocycles. The Hall–Kier alpha value is -1.19. The van der Waals surface area contributed by atoms with E-state index in [0.29, 0.717) is 6.04 Å². The Morgan fingerprint density at radius 3 is 2.86 bits per heavy atom. The van der Waals surface area contributed by atoms with Gasteiger partial charge in [0.1, 0.15) is 5.82 Å². The van der Waals surface area contributed by atoms with Crippen molar-refractivity contribution in [3.63, 3.8) is 0 Å².